The van der Waals surface area contributed by atoms with Crippen LogP contribution < -0.4 is 11.1 Å². The Morgan fingerprint density at radius 2 is 2.00 bits per heavy atom. The lowest BCUT2D eigenvalue weighted by Gasteiger charge is -2.12. The molecule has 0 aliphatic rings. The summed E-state index contributed by atoms with van der Waals surface area (Å²) in [5.74, 6) is 0.618. The molecule has 0 aliphatic carbocycles. The third kappa shape index (κ3) is 3.13. The van der Waals surface area contributed by atoms with Gasteiger partial charge in [0.1, 0.15) is 5.82 Å². The predicted molar refractivity (Wildman–Crippen MR) is 79.9 cm³/mol. The molecule has 0 atom stereocenters. The number of hydrogen-bond donors (Lipinski definition) is 2. The van der Waals surface area contributed by atoms with Crippen molar-refractivity contribution in [2.45, 2.75) is 6.54 Å². The van der Waals surface area contributed by atoms with Gasteiger partial charge in [-0.2, -0.15) is 0 Å². The molecular formula is C15H18N4O. The molecule has 2 rings (SSSR count). The van der Waals surface area contributed by atoms with Crippen LogP contribution in [0.3, 0.4) is 0 Å². The minimum absolute atomic E-state index is 0.0635. The Hall–Kier alpha value is -2.40. The summed E-state index contributed by atoms with van der Waals surface area (Å²) >= 11 is 0. The number of pyridine rings is 1. The molecule has 0 unspecified atom stereocenters. The van der Waals surface area contributed by atoms with Gasteiger partial charge in [-0.15, -0.1) is 0 Å². The van der Waals surface area contributed by atoms with Crippen molar-refractivity contribution >= 4 is 17.4 Å². The van der Waals surface area contributed by atoms with Crippen molar-refractivity contribution in [2.75, 3.05) is 19.4 Å². The summed E-state index contributed by atoms with van der Waals surface area (Å²) in [5.41, 5.74) is 8.20. The fraction of sp³-hybridized carbons (Fsp3) is 0.200. The molecule has 20 heavy (non-hydrogen) atoms. The maximum atomic E-state index is 11.8. The van der Waals surface area contributed by atoms with Gasteiger partial charge in [-0.1, -0.05) is 18.2 Å². The largest absolute Gasteiger partial charge is 0.345 e. The van der Waals surface area contributed by atoms with E-state index in [1.54, 1.807) is 32.4 Å². The highest BCUT2D eigenvalue weighted by molar-refractivity contribution is 5.93. The molecule has 1 amide bonds. The van der Waals surface area contributed by atoms with Crippen LogP contribution in [0.2, 0.25) is 0 Å². The number of aromatic nitrogens is 1. The average molecular weight is 270 g/mol. The zero-order chi connectivity index (χ0) is 14.5. The van der Waals surface area contributed by atoms with Gasteiger partial charge in [-0.05, 0) is 23.8 Å². The lowest BCUT2D eigenvalue weighted by atomic mass is 10.2. The fourth-order valence-corrected chi connectivity index (χ4v) is 1.81. The molecule has 0 saturated carbocycles. The molecule has 1 heterocycles. The second kappa shape index (κ2) is 6.16. The van der Waals surface area contributed by atoms with Crippen molar-refractivity contribution in [3.05, 3.63) is 53.7 Å². The lowest BCUT2D eigenvalue weighted by molar-refractivity contribution is 0.0827. The maximum Gasteiger partial charge on any atom is 0.254 e. The number of para-hydroxylation sites is 1. The summed E-state index contributed by atoms with van der Waals surface area (Å²) in [7, 11) is 3.43. The number of anilines is 2. The summed E-state index contributed by atoms with van der Waals surface area (Å²) in [4.78, 5) is 17.5. The van der Waals surface area contributed by atoms with Crippen LogP contribution in [0.4, 0.5) is 11.5 Å². The zero-order valence-corrected chi connectivity index (χ0v) is 11.6. The summed E-state index contributed by atoms with van der Waals surface area (Å²) in [5, 5.41) is 3.20. The van der Waals surface area contributed by atoms with Crippen molar-refractivity contribution in [3.8, 4) is 0 Å². The van der Waals surface area contributed by atoms with Crippen LogP contribution in [-0.4, -0.2) is 29.9 Å². The van der Waals surface area contributed by atoms with E-state index in [1.807, 2.05) is 24.3 Å². The van der Waals surface area contributed by atoms with E-state index in [-0.39, 0.29) is 5.91 Å². The van der Waals surface area contributed by atoms with E-state index in [0.717, 1.165) is 11.3 Å². The van der Waals surface area contributed by atoms with Gasteiger partial charge in [-0.25, -0.2) is 4.98 Å². The van der Waals surface area contributed by atoms with Crippen LogP contribution in [0.1, 0.15) is 15.9 Å². The number of rotatable bonds is 4. The summed E-state index contributed by atoms with van der Waals surface area (Å²) in [6.07, 6.45) is 1.57. The molecule has 0 spiro atoms. The van der Waals surface area contributed by atoms with Gasteiger partial charge in [0.15, 0.2) is 0 Å². The monoisotopic (exact) mass is 270 g/mol. The van der Waals surface area contributed by atoms with Gasteiger partial charge in [0, 0.05) is 32.5 Å². The Balaban J connectivity index is 2.17. The number of amides is 1. The van der Waals surface area contributed by atoms with Crippen molar-refractivity contribution in [3.63, 3.8) is 0 Å². The van der Waals surface area contributed by atoms with Gasteiger partial charge in [0.05, 0.1) is 5.56 Å². The van der Waals surface area contributed by atoms with Gasteiger partial charge in [-0.3, -0.25) is 4.79 Å². The number of nitrogens with one attached hydrogen (secondary N) is 1. The summed E-state index contributed by atoms with van der Waals surface area (Å²) in [6, 6.07) is 11.3. The highest BCUT2D eigenvalue weighted by atomic mass is 16.2. The van der Waals surface area contributed by atoms with Gasteiger partial charge in [0.2, 0.25) is 0 Å². The first kappa shape index (κ1) is 14.0. The minimum atomic E-state index is -0.0635. The quantitative estimate of drug-likeness (QED) is 0.891. The van der Waals surface area contributed by atoms with Crippen molar-refractivity contribution in [1.29, 1.82) is 0 Å². The van der Waals surface area contributed by atoms with Gasteiger partial charge < -0.3 is 16.0 Å². The van der Waals surface area contributed by atoms with E-state index < -0.39 is 0 Å². The summed E-state index contributed by atoms with van der Waals surface area (Å²) in [6.45, 7) is 0.459. The van der Waals surface area contributed by atoms with E-state index in [9.17, 15) is 4.79 Å². The predicted octanol–water partition coefficient (Wildman–Crippen LogP) is 1.99. The van der Waals surface area contributed by atoms with E-state index in [4.69, 9.17) is 5.73 Å². The molecule has 0 aliphatic heterocycles. The molecule has 104 valence electrons. The Morgan fingerprint density at radius 3 is 2.60 bits per heavy atom. The molecule has 5 nitrogen and oxygen atoms in total. The minimum Gasteiger partial charge on any atom is -0.345 e. The molecule has 1 aromatic carbocycles. The van der Waals surface area contributed by atoms with Crippen LogP contribution in [-0.2, 0) is 6.54 Å². The first-order valence-corrected chi connectivity index (χ1v) is 6.34. The van der Waals surface area contributed by atoms with Crippen LogP contribution >= 0.6 is 0 Å². The molecule has 5 heteroatoms. The second-order valence-electron chi connectivity index (χ2n) is 4.62. The number of carbonyl (C=O) groups excluding carboxylic acids is 1. The molecular weight excluding hydrogens is 252 g/mol. The highest BCUT2D eigenvalue weighted by Crippen LogP contribution is 2.19. The Kier molecular flexibility index (Phi) is 4.32. The van der Waals surface area contributed by atoms with Gasteiger partial charge >= 0.3 is 0 Å². The smallest absolute Gasteiger partial charge is 0.254 e. The first-order valence-electron chi connectivity index (χ1n) is 6.34. The number of nitrogens with two attached hydrogens (primary N) is 1. The third-order valence-electron chi connectivity index (χ3n) is 2.92. The SMILES string of the molecule is CN(C)C(=O)c1ccc(Nc2ccccc2CN)nc1. The van der Waals surface area contributed by atoms with Crippen molar-refractivity contribution < 1.29 is 4.79 Å². The van der Waals surface area contributed by atoms with E-state index >= 15 is 0 Å². The molecule has 2 aromatic rings. The Morgan fingerprint density at radius 1 is 1.25 bits per heavy atom. The normalized spacial score (nSPS) is 10.2. The van der Waals surface area contributed by atoms with E-state index in [1.165, 1.54) is 4.90 Å². The molecule has 0 saturated heterocycles. The topological polar surface area (TPSA) is 71.2 Å². The Bertz CT molecular complexity index is 593. The van der Waals surface area contributed by atoms with Gasteiger partial charge in [0.25, 0.3) is 5.91 Å². The zero-order valence-electron chi connectivity index (χ0n) is 11.6. The molecule has 0 bridgehead atoms. The number of hydrogen-bond acceptors (Lipinski definition) is 4. The maximum absolute atomic E-state index is 11.8. The van der Waals surface area contributed by atoms with Crippen molar-refractivity contribution in [1.82, 2.24) is 9.88 Å². The Labute approximate surface area is 118 Å². The number of carbonyl (C=O) groups is 1. The first-order chi connectivity index (χ1) is 9.61. The number of benzene rings is 1. The average Bonchev–Trinajstić information content (AvgIpc) is 2.48. The fourth-order valence-electron chi connectivity index (χ4n) is 1.81. The molecule has 0 radical (unpaired) electrons. The van der Waals surface area contributed by atoms with Crippen LogP contribution in [0.15, 0.2) is 42.6 Å². The standard InChI is InChI=1S/C15H18N4O/c1-19(2)15(20)12-7-8-14(17-10-12)18-13-6-4-3-5-11(13)9-16/h3-8,10H,9,16H2,1-2H3,(H,17,18). The van der Waals surface area contributed by atoms with Crippen LogP contribution in [0.25, 0.3) is 0 Å². The third-order valence-corrected chi connectivity index (χ3v) is 2.92. The lowest BCUT2D eigenvalue weighted by Crippen LogP contribution is -2.21. The molecule has 0 fully saturated rings. The molecule has 1 aromatic heterocycles. The second-order valence-corrected chi connectivity index (χ2v) is 4.62. The van der Waals surface area contributed by atoms with E-state index in [0.29, 0.717) is 17.9 Å². The van der Waals surface area contributed by atoms with Crippen LogP contribution in [0.5, 0.6) is 0 Å². The number of nitrogens with zero attached hydrogens (tertiary/aromatic N) is 2. The molecule has 3 N–H and O–H groups in total. The highest BCUT2D eigenvalue weighted by Gasteiger charge is 2.08. The van der Waals surface area contributed by atoms with Crippen LogP contribution in [0, 0.1) is 0 Å². The van der Waals surface area contributed by atoms with Crippen molar-refractivity contribution in [2.24, 2.45) is 5.73 Å². The van der Waals surface area contributed by atoms with E-state index in [2.05, 4.69) is 10.3 Å². The summed E-state index contributed by atoms with van der Waals surface area (Å²) < 4.78 is 0.